The van der Waals surface area contributed by atoms with Crippen molar-refractivity contribution in [1.82, 2.24) is 5.32 Å². The zero-order valence-corrected chi connectivity index (χ0v) is 15.7. The Bertz CT molecular complexity index is 836. The summed E-state index contributed by atoms with van der Waals surface area (Å²) in [7, 11) is -3.22. The summed E-state index contributed by atoms with van der Waals surface area (Å²) < 4.78 is 62.6. The molecule has 3 rings (SSSR count). The van der Waals surface area contributed by atoms with E-state index >= 15 is 0 Å². The van der Waals surface area contributed by atoms with Crippen molar-refractivity contribution in [1.29, 1.82) is 0 Å². The van der Waals surface area contributed by atoms with Gasteiger partial charge in [-0.05, 0) is 44.4 Å². The Morgan fingerprint density at radius 1 is 1.22 bits per heavy atom. The normalized spacial score (nSPS) is 24.8. The smallest absolute Gasteiger partial charge is 0.370 e. The molecule has 0 spiro atoms. The molecule has 6 nitrogen and oxygen atoms in total. The standard InChI is InChI=1S/C17H22F3N3O3S/c1-16(6-9-27(25,26)11-16)22-15(24)21-13-10-12(17(18,19)20)4-5-14(13)23-7-2-3-8-23/h4-5,10H,2-3,6-9,11H2,1H3,(H2,21,22,24)/t16-/m1/s1. The van der Waals surface area contributed by atoms with E-state index in [-0.39, 0.29) is 23.6 Å². The van der Waals surface area contributed by atoms with E-state index in [4.69, 9.17) is 0 Å². The third-order valence-electron chi connectivity index (χ3n) is 4.94. The van der Waals surface area contributed by atoms with Crippen LogP contribution in [0.1, 0.15) is 31.7 Å². The Morgan fingerprint density at radius 2 is 1.89 bits per heavy atom. The summed E-state index contributed by atoms with van der Waals surface area (Å²) in [6, 6.07) is 2.57. The van der Waals surface area contributed by atoms with Gasteiger partial charge in [-0.2, -0.15) is 13.2 Å². The Balaban J connectivity index is 1.82. The average Bonchev–Trinajstić information content (AvgIpc) is 3.14. The molecule has 0 aliphatic carbocycles. The first-order valence-electron chi connectivity index (χ1n) is 8.73. The largest absolute Gasteiger partial charge is 0.416 e. The molecule has 1 aromatic carbocycles. The minimum atomic E-state index is -4.53. The van der Waals surface area contributed by atoms with Crippen LogP contribution in [0.5, 0.6) is 0 Å². The molecule has 0 saturated carbocycles. The van der Waals surface area contributed by atoms with Crippen LogP contribution < -0.4 is 15.5 Å². The molecule has 2 amide bonds. The second-order valence-corrected chi connectivity index (χ2v) is 9.59. The second kappa shape index (κ2) is 6.88. The second-order valence-electron chi connectivity index (χ2n) is 7.41. The molecule has 2 heterocycles. The molecule has 2 saturated heterocycles. The number of sulfone groups is 1. The lowest BCUT2D eigenvalue weighted by Crippen LogP contribution is -2.48. The predicted molar refractivity (Wildman–Crippen MR) is 96.7 cm³/mol. The lowest BCUT2D eigenvalue weighted by Gasteiger charge is -2.26. The average molecular weight is 405 g/mol. The molecule has 2 fully saturated rings. The van der Waals surface area contributed by atoms with Crippen molar-refractivity contribution >= 4 is 27.2 Å². The third-order valence-corrected chi connectivity index (χ3v) is 6.84. The Kier molecular flexibility index (Phi) is 5.04. The van der Waals surface area contributed by atoms with E-state index in [1.807, 2.05) is 4.90 Å². The van der Waals surface area contributed by atoms with Crippen molar-refractivity contribution in [3.8, 4) is 0 Å². The van der Waals surface area contributed by atoms with Gasteiger partial charge in [0.05, 0.1) is 34.0 Å². The first-order chi connectivity index (χ1) is 12.5. The highest BCUT2D eigenvalue weighted by Crippen LogP contribution is 2.36. The quantitative estimate of drug-likeness (QED) is 0.810. The number of amides is 2. The van der Waals surface area contributed by atoms with Crippen molar-refractivity contribution in [2.24, 2.45) is 0 Å². The minimum Gasteiger partial charge on any atom is -0.370 e. The van der Waals surface area contributed by atoms with Gasteiger partial charge in [-0.1, -0.05) is 0 Å². The summed E-state index contributed by atoms with van der Waals surface area (Å²) in [5.74, 6) is -0.207. The van der Waals surface area contributed by atoms with Crippen LogP contribution in [0, 0.1) is 0 Å². The highest BCUT2D eigenvalue weighted by atomic mass is 32.2. The molecular weight excluding hydrogens is 383 g/mol. The van der Waals surface area contributed by atoms with Crippen LogP contribution in [0.15, 0.2) is 18.2 Å². The van der Waals surface area contributed by atoms with Crippen molar-refractivity contribution in [3.05, 3.63) is 23.8 Å². The van der Waals surface area contributed by atoms with E-state index in [1.54, 1.807) is 6.92 Å². The van der Waals surface area contributed by atoms with Gasteiger partial charge in [-0.25, -0.2) is 13.2 Å². The van der Waals surface area contributed by atoms with Gasteiger partial charge in [-0.15, -0.1) is 0 Å². The number of rotatable bonds is 3. The monoisotopic (exact) mass is 405 g/mol. The molecule has 0 unspecified atom stereocenters. The molecule has 1 atom stereocenters. The number of anilines is 2. The molecule has 0 radical (unpaired) electrons. The molecule has 2 aliphatic heterocycles. The predicted octanol–water partition coefficient (Wildman–Crippen LogP) is 3.00. The Morgan fingerprint density at radius 3 is 2.44 bits per heavy atom. The summed E-state index contributed by atoms with van der Waals surface area (Å²) in [5, 5.41) is 5.10. The van der Waals surface area contributed by atoms with Gasteiger partial charge in [0.2, 0.25) is 0 Å². The summed E-state index contributed by atoms with van der Waals surface area (Å²) in [5.41, 5.74) is -1.19. The highest BCUT2D eigenvalue weighted by molar-refractivity contribution is 7.91. The SMILES string of the molecule is C[C@@]1(NC(=O)Nc2cc(C(F)(F)F)ccc2N2CCCC2)CCS(=O)(=O)C1. The van der Waals surface area contributed by atoms with Gasteiger partial charge in [-0.3, -0.25) is 0 Å². The van der Waals surface area contributed by atoms with Crippen LogP contribution in [0.25, 0.3) is 0 Å². The topological polar surface area (TPSA) is 78.5 Å². The van der Waals surface area contributed by atoms with Gasteiger partial charge in [0.25, 0.3) is 0 Å². The van der Waals surface area contributed by atoms with E-state index in [0.717, 1.165) is 25.0 Å². The first-order valence-corrected chi connectivity index (χ1v) is 10.6. The van der Waals surface area contributed by atoms with E-state index in [2.05, 4.69) is 10.6 Å². The number of hydrogen-bond donors (Lipinski definition) is 2. The number of halogens is 3. The van der Waals surface area contributed by atoms with Crippen LogP contribution >= 0.6 is 0 Å². The maximum atomic E-state index is 13.1. The summed E-state index contributed by atoms with van der Waals surface area (Å²) in [4.78, 5) is 14.3. The third kappa shape index (κ3) is 4.66. The van der Waals surface area contributed by atoms with Gasteiger partial charge in [0.1, 0.15) is 0 Å². The van der Waals surface area contributed by atoms with E-state index in [9.17, 15) is 26.4 Å². The zero-order valence-electron chi connectivity index (χ0n) is 14.9. The van der Waals surface area contributed by atoms with E-state index in [1.165, 1.54) is 6.07 Å². The minimum absolute atomic E-state index is 0.0215. The van der Waals surface area contributed by atoms with Gasteiger partial charge in [0.15, 0.2) is 9.84 Å². The van der Waals surface area contributed by atoms with Crippen molar-refractivity contribution in [2.45, 2.75) is 37.9 Å². The number of carbonyl (C=O) groups excluding carboxylic acids is 1. The Hall–Kier alpha value is -1.97. The van der Waals surface area contributed by atoms with Crippen LogP contribution in [-0.4, -0.2) is 44.6 Å². The number of benzene rings is 1. The molecule has 150 valence electrons. The number of alkyl halides is 3. The van der Waals surface area contributed by atoms with Gasteiger partial charge >= 0.3 is 12.2 Å². The van der Waals surface area contributed by atoms with Crippen LogP contribution in [0.3, 0.4) is 0 Å². The molecule has 10 heteroatoms. The number of nitrogens with zero attached hydrogens (tertiary/aromatic N) is 1. The molecule has 1 aromatic rings. The summed E-state index contributed by atoms with van der Waals surface area (Å²) in [6.07, 6.45) is -2.39. The number of nitrogens with one attached hydrogen (secondary N) is 2. The van der Waals surface area contributed by atoms with E-state index < -0.39 is 33.1 Å². The number of hydrogen-bond acceptors (Lipinski definition) is 4. The lowest BCUT2D eigenvalue weighted by molar-refractivity contribution is -0.137. The van der Waals surface area contributed by atoms with Crippen LogP contribution in [0.4, 0.5) is 29.3 Å². The summed E-state index contributed by atoms with van der Waals surface area (Å²) in [6.45, 7) is 3.03. The molecule has 2 N–H and O–H groups in total. The molecule has 27 heavy (non-hydrogen) atoms. The maximum absolute atomic E-state index is 13.1. The van der Waals surface area contributed by atoms with E-state index in [0.29, 0.717) is 18.8 Å². The van der Waals surface area contributed by atoms with Gasteiger partial charge in [0, 0.05) is 13.1 Å². The maximum Gasteiger partial charge on any atom is 0.416 e. The first kappa shape index (κ1) is 19.8. The Labute approximate surface area is 156 Å². The fraction of sp³-hybridized carbons (Fsp3) is 0.588. The fourth-order valence-corrected chi connectivity index (χ4v) is 5.68. The van der Waals surface area contributed by atoms with Crippen LogP contribution in [0.2, 0.25) is 0 Å². The van der Waals surface area contributed by atoms with Crippen molar-refractivity contribution < 1.29 is 26.4 Å². The lowest BCUT2D eigenvalue weighted by atomic mass is 10.0. The highest BCUT2D eigenvalue weighted by Gasteiger charge is 2.39. The zero-order chi connectivity index (χ0) is 19.9. The number of urea groups is 1. The molecular formula is C17H22F3N3O3S. The fourth-order valence-electron chi connectivity index (χ4n) is 3.58. The molecule has 2 aliphatic rings. The van der Waals surface area contributed by atoms with Crippen molar-refractivity contribution in [3.63, 3.8) is 0 Å². The van der Waals surface area contributed by atoms with Gasteiger partial charge < -0.3 is 15.5 Å². The number of carbonyl (C=O) groups is 1. The molecule has 0 bridgehead atoms. The molecule has 0 aromatic heterocycles. The summed E-state index contributed by atoms with van der Waals surface area (Å²) >= 11 is 0. The van der Waals surface area contributed by atoms with Crippen LogP contribution in [-0.2, 0) is 16.0 Å². The van der Waals surface area contributed by atoms with Crippen molar-refractivity contribution in [2.75, 3.05) is 34.8 Å².